The Hall–Kier alpha value is -1.49. The van der Waals surface area contributed by atoms with Crippen LogP contribution in [-0.2, 0) is 0 Å². The normalized spacial score (nSPS) is 16.6. The predicted octanol–water partition coefficient (Wildman–Crippen LogP) is 2.26. The molecule has 1 heterocycles. The number of rotatable bonds is 5. The minimum Gasteiger partial charge on any atom is -0.349 e. The van der Waals surface area contributed by atoms with E-state index in [9.17, 15) is 9.18 Å². The molecular formula is C15H22FN3O. The minimum atomic E-state index is -0.434. The van der Waals surface area contributed by atoms with E-state index in [1.54, 1.807) is 0 Å². The first-order chi connectivity index (χ1) is 9.75. The highest BCUT2D eigenvalue weighted by atomic mass is 19.1. The van der Waals surface area contributed by atoms with Crippen LogP contribution in [0.4, 0.5) is 4.39 Å². The maximum Gasteiger partial charge on any atom is 0.269 e. The molecule has 0 bridgehead atoms. The van der Waals surface area contributed by atoms with Gasteiger partial charge in [-0.05, 0) is 25.0 Å². The van der Waals surface area contributed by atoms with Gasteiger partial charge in [-0.15, -0.1) is 0 Å². The van der Waals surface area contributed by atoms with E-state index < -0.39 is 5.82 Å². The SMILES string of the molecule is O=C(NCCNC1CCCCCC1)c1ccc(F)cn1. The molecule has 1 aliphatic rings. The van der Waals surface area contributed by atoms with E-state index >= 15 is 0 Å². The number of halogens is 1. The summed E-state index contributed by atoms with van der Waals surface area (Å²) in [5.74, 6) is -0.691. The van der Waals surface area contributed by atoms with Crippen LogP contribution in [0.5, 0.6) is 0 Å². The van der Waals surface area contributed by atoms with Crippen molar-refractivity contribution in [3.63, 3.8) is 0 Å². The second-order valence-electron chi connectivity index (χ2n) is 5.26. The van der Waals surface area contributed by atoms with Gasteiger partial charge < -0.3 is 10.6 Å². The molecule has 2 rings (SSSR count). The molecule has 0 radical (unpaired) electrons. The number of hydrogen-bond acceptors (Lipinski definition) is 3. The Labute approximate surface area is 119 Å². The third kappa shape index (κ3) is 4.89. The molecule has 1 saturated carbocycles. The lowest BCUT2D eigenvalue weighted by Gasteiger charge is -2.16. The highest BCUT2D eigenvalue weighted by molar-refractivity contribution is 5.92. The molecule has 0 unspecified atom stereocenters. The first-order valence-electron chi connectivity index (χ1n) is 7.39. The van der Waals surface area contributed by atoms with E-state index in [1.165, 1.54) is 50.7 Å². The van der Waals surface area contributed by atoms with Gasteiger partial charge in [-0.25, -0.2) is 9.37 Å². The number of aromatic nitrogens is 1. The summed E-state index contributed by atoms with van der Waals surface area (Å²) in [7, 11) is 0. The van der Waals surface area contributed by atoms with Crippen LogP contribution in [0.25, 0.3) is 0 Å². The average molecular weight is 279 g/mol. The number of amides is 1. The molecule has 1 fully saturated rings. The second-order valence-corrected chi connectivity index (χ2v) is 5.26. The number of carbonyl (C=O) groups excluding carboxylic acids is 1. The Morgan fingerprint density at radius 1 is 1.20 bits per heavy atom. The lowest BCUT2D eigenvalue weighted by atomic mass is 10.1. The fourth-order valence-corrected chi connectivity index (χ4v) is 2.54. The Kier molecular flexibility index (Phi) is 5.92. The molecule has 0 aromatic carbocycles. The summed E-state index contributed by atoms with van der Waals surface area (Å²) in [6.45, 7) is 1.33. The summed E-state index contributed by atoms with van der Waals surface area (Å²) in [4.78, 5) is 15.5. The zero-order valence-corrected chi connectivity index (χ0v) is 11.7. The molecule has 1 aliphatic carbocycles. The van der Waals surface area contributed by atoms with Crippen LogP contribution in [0.15, 0.2) is 18.3 Å². The molecule has 2 N–H and O–H groups in total. The quantitative estimate of drug-likeness (QED) is 0.642. The van der Waals surface area contributed by atoms with Gasteiger partial charge in [-0.2, -0.15) is 0 Å². The van der Waals surface area contributed by atoms with E-state index in [1.807, 2.05) is 0 Å². The summed E-state index contributed by atoms with van der Waals surface area (Å²) < 4.78 is 12.7. The maximum atomic E-state index is 12.7. The summed E-state index contributed by atoms with van der Waals surface area (Å²) in [5, 5.41) is 6.27. The van der Waals surface area contributed by atoms with E-state index in [0.717, 1.165) is 12.7 Å². The zero-order valence-electron chi connectivity index (χ0n) is 11.7. The molecule has 0 aliphatic heterocycles. The highest BCUT2D eigenvalue weighted by Crippen LogP contribution is 2.16. The van der Waals surface area contributed by atoms with Crippen molar-refractivity contribution in [2.45, 2.75) is 44.6 Å². The zero-order chi connectivity index (χ0) is 14.2. The largest absolute Gasteiger partial charge is 0.349 e. The van der Waals surface area contributed by atoms with Crippen molar-refractivity contribution in [2.75, 3.05) is 13.1 Å². The molecule has 1 aromatic heterocycles. The third-order valence-corrected chi connectivity index (χ3v) is 3.66. The average Bonchev–Trinajstić information content (AvgIpc) is 2.73. The van der Waals surface area contributed by atoms with Gasteiger partial charge in [0, 0.05) is 19.1 Å². The first kappa shape index (κ1) is 14.9. The van der Waals surface area contributed by atoms with Crippen LogP contribution in [0.2, 0.25) is 0 Å². The van der Waals surface area contributed by atoms with Crippen LogP contribution in [-0.4, -0.2) is 30.0 Å². The van der Waals surface area contributed by atoms with Crippen molar-refractivity contribution < 1.29 is 9.18 Å². The van der Waals surface area contributed by atoms with E-state index in [2.05, 4.69) is 15.6 Å². The van der Waals surface area contributed by atoms with Crippen molar-refractivity contribution in [3.8, 4) is 0 Å². The summed E-state index contributed by atoms with van der Waals surface area (Å²) in [6, 6.07) is 3.22. The molecule has 5 heteroatoms. The van der Waals surface area contributed by atoms with Gasteiger partial charge >= 0.3 is 0 Å². The van der Waals surface area contributed by atoms with Crippen molar-refractivity contribution in [3.05, 3.63) is 29.8 Å². The molecule has 0 saturated heterocycles. The molecule has 0 atom stereocenters. The Morgan fingerprint density at radius 3 is 2.60 bits per heavy atom. The number of hydrogen-bond donors (Lipinski definition) is 2. The molecule has 20 heavy (non-hydrogen) atoms. The number of nitrogens with zero attached hydrogens (tertiary/aromatic N) is 1. The molecule has 110 valence electrons. The van der Waals surface area contributed by atoms with Crippen LogP contribution in [0.3, 0.4) is 0 Å². The van der Waals surface area contributed by atoms with Crippen molar-refractivity contribution in [1.29, 1.82) is 0 Å². The number of nitrogens with one attached hydrogen (secondary N) is 2. The molecule has 1 amide bonds. The topological polar surface area (TPSA) is 54.0 Å². The van der Waals surface area contributed by atoms with Gasteiger partial charge in [0.05, 0.1) is 6.20 Å². The van der Waals surface area contributed by atoms with Crippen molar-refractivity contribution in [2.24, 2.45) is 0 Å². The fourth-order valence-electron chi connectivity index (χ4n) is 2.54. The fraction of sp³-hybridized carbons (Fsp3) is 0.600. The van der Waals surface area contributed by atoms with Gasteiger partial charge in [0.1, 0.15) is 11.5 Å². The van der Waals surface area contributed by atoms with E-state index in [-0.39, 0.29) is 11.6 Å². The van der Waals surface area contributed by atoms with E-state index in [0.29, 0.717) is 12.6 Å². The minimum absolute atomic E-state index is 0.251. The summed E-state index contributed by atoms with van der Waals surface area (Å²) in [6.07, 6.45) is 8.78. The maximum absolute atomic E-state index is 12.7. The Balaban J connectivity index is 1.65. The van der Waals surface area contributed by atoms with Crippen molar-refractivity contribution >= 4 is 5.91 Å². The molecule has 0 spiro atoms. The van der Waals surface area contributed by atoms with Gasteiger partial charge in [0.15, 0.2) is 0 Å². The second kappa shape index (κ2) is 7.94. The van der Waals surface area contributed by atoms with Crippen molar-refractivity contribution in [1.82, 2.24) is 15.6 Å². The molecular weight excluding hydrogens is 257 g/mol. The highest BCUT2D eigenvalue weighted by Gasteiger charge is 2.11. The molecule has 1 aromatic rings. The smallest absolute Gasteiger partial charge is 0.269 e. The van der Waals surface area contributed by atoms with Gasteiger partial charge in [0.25, 0.3) is 5.91 Å². The van der Waals surface area contributed by atoms with Crippen LogP contribution >= 0.6 is 0 Å². The summed E-state index contributed by atoms with van der Waals surface area (Å²) >= 11 is 0. The number of pyridine rings is 1. The van der Waals surface area contributed by atoms with Gasteiger partial charge in [-0.1, -0.05) is 25.7 Å². The lowest BCUT2D eigenvalue weighted by molar-refractivity contribution is 0.0948. The van der Waals surface area contributed by atoms with Gasteiger partial charge in [0.2, 0.25) is 0 Å². The Morgan fingerprint density at radius 2 is 1.95 bits per heavy atom. The Bertz CT molecular complexity index is 414. The molecule has 4 nitrogen and oxygen atoms in total. The van der Waals surface area contributed by atoms with E-state index in [4.69, 9.17) is 0 Å². The van der Waals surface area contributed by atoms with Gasteiger partial charge in [-0.3, -0.25) is 4.79 Å². The summed E-state index contributed by atoms with van der Waals surface area (Å²) in [5.41, 5.74) is 0.251. The first-order valence-corrected chi connectivity index (χ1v) is 7.39. The van der Waals surface area contributed by atoms with Crippen LogP contribution < -0.4 is 10.6 Å². The standard InChI is InChI=1S/C15H22FN3O/c16-12-7-8-14(19-11-12)15(20)18-10-9-17-13-5-3-1-2-4-6-13/h7-8,11,13,17H,1-6,9-10H2,(H,18,20). The predicted molar refractivity (Wildman–Crippen MR) is 76.0 cm³/mol. The number of carbonyl (C=O) groups is 1. The van der Waals surface area contributed by atoms with Crippen LogP contribution in [0, 0.1) is 5.82 Å². The van der Waals surface area contributed by atoms with Crippen LogP contribution in [0.1, 0.15) is 49.0 Å². The third-order valence-electron chi connectivity index (χ3n) is 3.66. The lowest BCUT2D eigenvalue weighted by Crippen LogP contribution is -2.37. The monoisotopic (exact) mass is 279 g/mol.